The second-order valence-corrected chi connectivity index (χ2v) is 7.25. The van der Waals surface area contributed by atoms with Gasteiger partial charge in [0.1, 0.15) is 0 Å². The Morgan fingerprint density at radius 2 is 1.86 bits per heavy atom. The van der Waals surface area contributed by atoms with Crippen LogP contribution in [0, 0.1) is 6.92 Å². The largest absolute Gasteiger partial charge is 0.353 e. The average Bonchev–Trinajstić information content (AvgIpc) is 3.18. The number of fused-ring (bicyclic) bond motifs is 1. The number of aryl methyl sites for hydroxylation is 1. The molecule has 1 saturated carbocycles. The molecule has 116 valence electrons. The molecule has 0 amide bonds. The van der Waals surface area contributed by atoms with Crippen LogP contribution in [-0.2, 0) is 0 Å². The van der Waals surface area contributed by atoms with Crippen LogP contribution in [0.3, 0.4) is 0 Å². The summed E-state index contributed by atoms with van der Waals surface area (Å²) in [6, 6.07) is 2.12. The minimum absolute atomic E-state index is 0.617. The highest BCUT2D eigenvalue weighted by molar-refractivity contribution is 5.31. The van der Waals surface area contributed by atoms with Crippen molar-refractivity contribution in [1.82, 2.24) is 14.5 Å². The van der Waals surface area contributed by atoms with Crippen LogP contribution in [0.25, 0.3) is 0 Å². The molecule has 1 aromatic heterocycles. The Hall–Kier alpha value is -1.03. The molecule has 4 heteroatoms. The molecule has 3 heterocycles. The Labute approximate surface area is 127 Å². The Morgan fingerprint density at radius 3 is 2.71 bits per heavy atom. The second kappa shape index (κ2) is 5.64. The van der Waals surface area contributed by atoms with Gasteiger partial charge in [0.05, 0.1) is 5.69 Å². The number of hydrogen-bond donors (Lipinski definition) is 1. The van der Waals surface area contributed by atoms with Crippen LogP contribution < -0.4 is 5.32 Å². The van der Waals surface area contributed by atoms with E-state index in [1.807, 2.05) is 0 Å². The molecule has 3 fully saturated rings. The van der Waals surface area contributed by atoms with E-state index in [-0.39, 0.29) is 0 Å². The van der Waals surface area contributed by atoms with Gasteiger partial charge in [-0.3, -0.25) is 0 Å². The van der Waals surface area contributed by atoms with Crippen molar-refractivity contribution in [3.05, 3.63) is 11.9 Å². The average molecular weight is 288 g/mol. The van der Waals surface area contributed by atoms with Crippen LogP contribution in [0.5, 0.6) is 0 Å². The van der Waals surface area contributed by atoms with Gasteiger partial charge < -0.3 is 14.8 Å². The summed E-state index contributed by atoms with van der Waals surface area (Å²) in [6.07, 6.45) is 13.0. The van der Waals surface area contributed by atoms with Crippen molar-refractivity contribution in [2.45, 2.75) is 76.4 Å². The smallest absolute Gasteiger partial charge is 0.203 e. The molecule has 3 aliphatic rings. The van der Waals surface area contributed by atoms with Crippen molar-refractivity contribution in [1.29, 1.82) is 0 Å². The Bertz CT molecular complexity index is 489. The highest BCUT2D eigenvalue weighted by Crippen LogP contribution is 2.33. The molecule has 2 saturated heterocycles. The van der Waals surface area contributed by atoms with Gasteiger partial charge in [-0.05, 0) is 52.0 Å². The van der Waals surface area contributed by atoms with Crippen LogP contribution in [-0.4, -0.2) is 39.6 Å². The zero-order chi connectivity index (χ0) is 14.2. The molecule has 4 rings (SSSR count). The molecule has 4 nitrogen and oxygen atoms in total. The van der Waals surface area contributed by atoms with Gasteiger partial charge in [-0.1, -0.05) is 12.8 Å². The lowest BCUT2D eigenvalue weighted by Gasteiger charge is -2.35. The third-order valence-electron chi connectivity index (χ3n) is 5.72. The van der Waals surface area contributed by atoms with Crippen LogP contribution in [0.4, 0.5) is 5.95 Å². The SMILES string of the molecule is Cc1cn(C2CCCC2)c(NC2CCN3CCCC3C2)n1. The van der Waals surface area contributed by atoms with Gasteiger partial charge in [-0.25, -0.2) is 4.98 Å². The van der Waals surface area contributed by atoms with E-state index in [9.17, 15) is 0 Å². The first-order valence-electron chi connectivity index (χ1n) is 8.85. The maximum Gasteiger partial charge on any atom is 0.203 e. The maximum atomic E-state index is 4.77. The van der Waals surface area contributed by atoms with Crippen molar-refractivity contribution in [2.75, 3.05) is 18.4 Å². The summed E-state index contributed by atoms with van der Waals surface area (Å²) in [5.41, 5.74) is 1.16. The van der Waals surface area contributed by atoms with Gasteiger partial charge in [0.2, 0.25) is 5.95 Å². The van der Waals surface area contributed by atoms with Gasteiger partial charge in [0.25, 0.3) is 0 Å². The van der Waals surface area contributed by atoms with Crippen LogP contribution in [0.2, 0.25) is 0 Å². The maximum absolute atomic E-state index is 4.77. The molecule has 2 unspecified atom stereocenters. The van der Waals surface area contributed by atoms with E-state index in [1.165, 1.54) is 64.5 Å². The lowest BCUT2D eigenvalue weighted by molar-refractivity contribution is 0.187. The van der Waals surface area contributed by atoms with Gasteiger partial charge in [0.15, 0.2) is 0 Å². The van der Waals surface area contributed by atoms with Crippen molar-refractivity contribution >= 4 is 5.95 Å². The van der Waals surface area contributed by atoms with Gasteiger partial charge in [0, 0.05) is 30.9 Å². The summed E-state index contributed by atoms with van der Waals surface area (Å²) in [7, 11) is 0. The lowest BCUT2D eigenvalue weighted by Crippen LogP contribution is -2.43. The third-order valence-corrected chi connectivity index (χ3v) is 5.72. The van der Waals surface area contributed by atoms with Crippen molar-refractivity contribution in [3.8, 4) is 0 Å². The highest BCUT2D eigenvalue weighted by Gasteiger charge is 2.32. The number of piperidine rings is 1. The molecule has 0 radical (unpaired) electrons. The number of imidazole rings is 1. The van der Waals surface area contributed by atoms with E-state index in [0.29, 0.717) is 12.1 Å². The third kappa shape index (κ3) is 2.70. The van der Waals surface area contributed by atoms with Gasteiger partial charge >= 0.3 is 0 Å². The highest BCUT2D eigenvalue weighted by atomic mass is 15.3. The molecule has 1 aromatic rings. The number of anilines is 1. The monoisotopic (exact) mass is 288 g/mol. The Kier molecular flexibility index (Phi) is 3.66. The van der Waals surface area contributed by atoms with E-state index in [0.717, 1.165) is 17.7 Å². The summed E-state index contributed by atoms with van der Waals surface area (Å²) in [6.45, 7) is 4.72. The predicted molar refractivity (Wildman–Crippen MR) is 85.7 cm³/mol. The van der Waals surface area contributed by atoms with E-state index in [4.69, 9.17) is 4.98 Å². The van der Waals surface area contributed by atoms with E-state index >= 15 is 0 Å². The standard InChI is InChI=1S/C17H28N4/c1-13-12-21(15-5-2-3-6-15)17(18-13)19-14-8-10-20-9-4-7-16(20)11-14/h12,14-16H,2-11H2,1H3,(H,18,19). The first-order chi connectivity index (χ1) is 10.3. The predicted octanol–water partition coefficient (Wildman–Crippen LogP) is 3.35. The zero-order valence-electron chi connectivity index (χ0n) is 13.2. The van der Waals surface area contributed by atoms with Crippen molar-refractivity contribution < 1.29 is 0 Å². The summed E-state index contributed by atoms with van der Waals surface area (Å²) in [4.78, 5) is 7.46. The number of hydrogen-bond acceptors (Lipinski definition) is 3. The lowest BCUT2D eigenvalue weighted by atomic mass is 9.98. The molecule has 0 aromatic carbocycles. The molecule has 0 bridgehead atoms. The second-order valence-electron chi connectivity index (χ2n) is 7.25. The summed E-state index contributed by atoms with van der Waals surface area (Å²) in [5, 5.41) is 3.78. The van der Waals surface area contributed by atoms with E-state index < -0.39 is 0 Å². The normalized spacial score (nSPS) is 30.7. The number of aromatic nitrogens is 2. The number of rotatable bonds is 3. The Morgan fingerprint density at radius 1 is 1.05 bits per heavy atom. The fraction of sp³-hybridized carbons (Fsp3) is 0.824. The topological polar surface area (TPSA) is 33.1 Å². The minimum atomic E-state index is 0.617. The fourth-order valence-corrected chi connectivity index (χ4v) is 4.62. The molecule has 1 aliphatic carbocycles. The first-order valence-corrected chi connectivity index (χ1v) is 8.85. The quantitative estimate of drug-likeness (QED) is 0.926. The van der Waals surface area contributed by atoms with Gasteiger partial charge in [-0.15, -0.1) is 0 Å². The summed E-state index contributed by atoms with van der Waals surface area (Å²) < 4.78 is 2.43. The van der Waals surface area contributed by atoms with E-state index in [1.54, 1.807) is 0 Å². The molecule has 0 spiro atoms. The number of nitrogens with zero attached hydrogens (tertiary/aromatic N) is 3. The number of nitrogens with one attached hydrogen (secondary N) is 1. The van der Waals surface area contributed by atoms with Gasteiger partial charge in [-0.2, -0.15) is 0 Å². The molecule has 21 heavy (non-hydrogen) atoms. The minimum Gasteiger partial charge on any atom is -0.353 e. The van der Waals surface area contributed by atoms with Crippen molar-refractivity contribution in [2.24, 2.45) is 0 Å². The van der Waals surface area contributed by atoms with Crippen LogP contribution in [0.15, 0.2) is 6.20 Å². The van der Waals surface area contributed by atoms with Crippen molar-refractivity contribution in [3.63, 3.8) is 0 Å². The van der Waals surface area contributed by atoms with E-state index in [2.05, 4.69) is 27.9 Å². The molecular weight excluding hydrogens is 260 g/mol. The first kappa shape index (κ1) is 13.6. The molecule has 1 N–H and O–H groups in total. The molecule has 2 atom stereocenters. The Balaban J connectivity index is 1.46. The molecule has 2 aliphatic heterocycles. The van der Waals surface area contributed by atoms with Crippen LogP contribution >= 0.6 is 0 Å². The summed E-state index contributed by atoms with van der Waals surface area (Å²) >= 11 is 0. The summed E-state index contributed by atoms with van der Waals surface area (Å²) in [5.74, 6) is 1.14. The van der Waals surface area contributed by atoms with Crippen LogP contribution in [0.1, 0.15) is 63.1 Å². The zero-order valence-corrected chi connectivity index (χ0v) is 13.2. The fourth-order valence-electron chi connectivity index (χ4n) is 4.62. The molecular formula is C17H28N4.